The summed E-state index contributed by atoms with van der Waals surface area (Å²) in [5, 5.41) is 1.47. The van der Waals surface area contributed by atoms with E-state index in [1.54, 1.807) is 24.3 Å². The smallest absolute Gasteiger partial charge is 0.134 e. The molecule has 0 radical (unpaired) electrons. The molecule has 28 heavy (non-hydrogen) atoms. The fourth-order valence-corrected chi connectivity index (χ4v) is 4.67. The molecular weight excluding hydrogens is 357 g/mol. The van der Waals surface area contributed by atoms with E-state index in [0.717, 1.165) is 42.6 Å². The molecule has 1 aliphatic carbocycles. The predicted molar refractivity (Wildman–Crippen MR) is 109 cm³/mol. The lowest BCUT2D eigenvalue weighted by molar-refractivity contribution is 0.307. The largest absolute Gasteiger partial charge is 0.207 e. The maximum absolute atomic E-state index is 14.9. The minimum atomic E-state index is -0.521. The minimum absolute atomic E-state index is 0.00496. The Morgan fingerprint density at radius 1 is 0.786 bits per heavy atom. The van der Waals surface area contributed by atoms with Crippen LogP contribution in [0.5, 0.6) is 0 Å². The molecule has 0 heterocycles. The standard InChI is InChI=1S/C25H25F3/c1-2-3-16-4-6-17(7-5-16)21-14-23(27)25(24(28)15-21)20-9-8-19-13-22(26)11-10-18(19)12-20/h8-17H,2-7H2,1H3. The SMILES string of the molecule is CCCC1CCC(c2cc(F)c(-c3ccc4cc(F)ccc4c3)c(F)c2)CC1. The highest BCUT2D eigenvalue weighted by atomic mass is 19.1. The van der Waals surface area contributed by atoms with E-state index in [1.165, 1.54) is 37.1 Å². The number of rotatable bonds is 4. The van der Waals surface area contributed by atoms with Crippen molar-refractivity contribution in [3.05, 3.63) is 71.5 Å². The summed E-state index contributed by atoms with van der Waals surface area (Å²) in [7, 11) is 0. The first-order valence-corrected chi connectivity index (χ1v) is 10.2. The molecule has 0 aliphatic heterocycles. The summed E-state index contributed by atoms with van der Waals surface area (Å²) in [4.78, 5) is 0. The molecule has 0 nitrogen and oxygen atoms in total. The lowest BCUT2D eigenvalue weighted by Crippen LogP contribution is -2.13. The van der Waals surface area contributed by atoms with Crippen molar-refractivity contribution in [1.29, 1.82) is 0 Å². The first kappa shape index (κ1) is 19.0. The van der Waals surface area contributed by atoms with Gasteiger partial charge in [-0.15, -0.1) is 0 Å². The summed E-state index contributed by atoms with van der Waals surface area (Å²) in [5.41, 5.74) is 1.25. The van der Waals surface area contributed by atoms with E-state index in [0.29, 0.717) is 10.9 Å². The Hall–Kier alpha value is -2.29. The zero-order valence-corrected chi connectivity index (χ0v) is 16.2. The third-order valence-corrected chi connectivity index (χ3v) is 6.17. The van der Waals surface area contributed by atoms with E-state index in [-0.39, 0.29) is 17.3 Å². The normalized spacial score (nSPS) is 19.9. The van der Waals surface area contributed by atoms with Gasteiger partial charge in [-0.3, -0.25) is 0 Å². The zero-order chi connectivity index (χ0) is 19.7. The maximum Gasteiger partial charge on any atom is 0.134 e. The molecule has 0 aromatic heterocycles. The van der Waals surface area contributed by atoms with Gasteiger partial charge in [-0.1, -0.05) is 38.0 Å². The van der Waals surface area contributed by atoms with Gasteiger partial charge in [0.15, 0.2) is 0 Å². The van der Waals surface area contributed by atoms with Crippen molar-refractivity contribution in [3.63, 3.8) is 0 Å². The molecule has 3 heteroatoms. The minimum Gasteiger partial charge on any atom is -0.207 e. The van der Waals surface area contributed by atoms with Crippen LogP contribution in [0.4, 0.5) is 13.2 Å². The molecule has 0 N–H and O–H groups in total. The molecule has 0 spiro atoms. The topological polar surface area (TPSA) is 0 Å². The van der Waals surface area contributed by atoms with Crippen LogP contribution in [0.2, 0.25) is 0 Å². The summed E-state index contributed by atoms with van der Waals surface area (Å²) in [6.07, 6.45) is 6.75. The second-order valence-electron chi connectivity index (χ2n) is 8.07. The van der Waals surface area contributed by atoms with Crippen LogP contribution in [0, 0.1) is 23.4 Å². The van der Waals surface area contributed by atoms with E-state index >= 15 is 0 Å². The fourth-order valence-electron chi connectivity index (χ4n) is 4.67. The van der Waals surface area contributed by atoms with Crippen LogP contribution in [-0.4, -0.2) is 0 Å². The van der Waals surface area contributed by atoms with E-state index in [2.05, 4.69) is 6.92 Å². The second kappa shape index (κ2) is 7.98. The fraction of sp³-hybridized carbons (Fsp3) is 0.360. The summed E-state index contributed by atoms with van der Waals surface area (Å²) in [5.74, 6) is -0.363. The Bertz CT molecular complexity index is 961. The molecule has 0 amide bonds. The molecule has 1 aliphatic rings. The number of hydrogen-bond donors (Lipinski definition) is 0. The highest BCUT2D eigenvalue weighted by molar-refractivity contribution is 5.87. The van der Waals surface area contributed by atoms with Gasteiger partial charge in [0.25, 0.3) is 0 Å². The quantitative estimate of drug-likeness (QED) is 0.429. The lowest BCUT2D eigenvalue weighted by Gasteiger charge is -2.29. The van der Waals surface area contributed by atoms with Crippen LogP contribution in [0.15, 0.2) is 48.5 Å². The van der Waals surface area contributed by atoms with Gasteiger partial charge >= 0.3 is 0 Å². The Balaban J connectivity index is 1.62. The second-order valence-corrected chi connectivity index (χ2v) is 8.07. The maximum atomic E-state index is 14.9. The molecule has 146 valence electrons. The molecule has 3 aromatic rings. The first-order chi connectivity index (χ1) is 13.5. The number of benzene rings is 3. The molecule has 0 atom stereocenters. The van der Waals surface area contributed by atoms with Crippen molar-refractivity contribution in [2.45, 2.75) is 51.4 Å². The summed E-state index contributed by atoms with van der Waals surface area (Å²) >= 11 is 0. The Morgan fingerprint density at radius 3 is 2.11 bits per heavy atom. The van der Waals surface area contributed by atoms with E-state index < -0.39 is 11.6 Å². The van der Waals surface area contributed by atoms with Crippen LogP contribution in [0.25, 0.3) is 21.9 Å². The Labute approximate surface area is 164 Å². The zero-order valence-electron chi connectivity index (χ0n) is 16.2. The predicted octanol–water partition coefficient (Wildman–Crippen LogP) is 8.00. The summed E-state index contributed by atoms with van der Waals surface area (Å²) in [6.45, 7) is 2.21. The molecule has 0 unspecified atom stereocenters. The molecular formula is C25H25F3. The summed E-state index contributed by atoms with van der Waals surface area (Å²) < 4.78 is 43.2. The van der Waals surface area contributed by atoms with Crippen LogP contribution in [0.3, 0.4) is 0 Å². The number of halogens is 3. The monoisotopic (exact) mass is 382 g/mol. The van der Waals surface area contributed by atoms with Gasteiger partial charge in [-0.2, -0.15) is 0 Å². The lowest BCUT2D eigenvalue weighted by atomic mass is 9.77. The van der Waals surface area contributed by atoms with Gasteiger partial charge < -0.3 is 0 Å². The van der Waals surface area contributed by atoms with E-state index in [9.17, 15) is 13.2 Å². The Kier molecular flexibility index (Phi) is 5.43. The van der Waals surface area contributed by atoms with E-state index in [4.69, 9.17) is 0 Å². The highest BCUT2D eigenvalue weighted by Gasteiger charge is 2.24. The summed E-state index contributed by atoms with van der Waals surface area (Å²) in [6, 6.07) is 12.5. The van der Waals surface area contributed by atoms with Crippen molar-refractivity contribution in [1.82, 2.24) is 0 Å². The molecule has 1 saturated carbocycles. The highest BCUT2D eigenvalue weighted by Crippen LogP contribution is 2.39. The average molecular weight is 382 g/mol. The van der Waals surface area contributed by atoms with Crippen LogP contribution < -0.4 is 0 Å². The van der Waals surface area contributed by atoms with Crippen molar-refractivity contribution in [3.8, 4) is 11.1 Å². The Morgan fingerprint density at radius 2 is 1.43 bits per heavy atom. The third-order valence-electron chi connectivity index (χ3n) is 6.17. The first-order valence-electron chi connectivity index (χ1n) is 10.2. The molecule has 0 saturated heterocycles. The number of hydrogen-bond acceptors (Lipinski definition) is 0. The van der Waals surface area contributed by atoms with Crippen LogP contribution >= 0.6 is 0 Å². The van der Waals surface area contributed by atoms with Crippen molar-refractivity contribution in [2.75, 3.05) is 0 Å². The van der Waals surface area contributed by atoms with Crippen LogP contribution in [0.1, 0.15) is 56.9 Å². The van der Waals surface area contributed by atoms with Crippen molar-refractivity contribution >= 4 is 10.8 Å². The molecule has 1 fully saturated rings. The van der Waals surface area contributed by atoms with Gasteiger partial charge in [-0.25, -0.2) is 13.2 Å². The van der Waals surface area contributed by atoms with Gasteiger partial charge in [-0.05, 0) is 89.8 Å². The number of fused-ring (bicyclic) bond motifs is 1. The van der Waals surface area contributed by atoms with Gasteiger partial charge in [0.2, 0.25) is 0 Å². The van der Waals surface area contributed by atoms with Crippen molar-refractivity contribution in [2.24, 2.45) is 5.92 Å². The molecule has 3 aromatic carbocycles. The van der Waals surface area contributed by atoms with Gasteiger partial charge in [0.1, 0.15) is 17.5 Å². The van der Waals surface area contributed by atoms with E-state index in [1.807, 2.05) is 0 Å². The van der Waals surface area contributed by atoms with Gasteiger partial charge in [0.05, 0.1) is 5.56 Å². The van der Waals surface area contributed by atoms with Crippen LogP contribution in [-0.2, 0) is 0 Å². The van der Waals surface area contributed by atoms with Crippen molar-refractivity contribution < 1.29 is 13.2 Å². The molecule has 4 rings (SSSR count). The average Bonchev–Trinajstić information content (AvgIpc) is 2.68. The third kappa shape index (κ3) is 3.80. The molecule has 0 bridgehead atoms. The van der Waals surface area contributed by atoms with Gasteiger partial charge in [0, 0.05) is 0 Å².